The molecule has 2 fully saturated rings. The molecule has 0 N–H and O–H groups in total. The van der Waals surface area contributed by atoms with Crippen LogP contribution in [0, 0.1) is 10.8 Å². The fraction of sp³-hybridized carbons (Fsp3) is 0.278. The van der Waals surface area contributed by atoms with Gasteiger partial charge in [0.25, 0.3) is 0 Å². The van der Waals surface area contributed by atoms with E-state index in [-0.39, 0.29) is 10.8 Å². The first-order chi connectivity index (χ1) is 19.5. The molecule has 0 saturated carbocycles. The van der Waals surface area contributed by atoms with Crippen molar-refractivity contribution in [3.63, 3.8) is 0 Å². The highest BCUT2D eigenvalue weighted by molar-refractivity contribution is 6.04. The Morgan fingerprint density at radius 2 is 0.825 bits per heavy atom. The van der Waals surface area contributed by atoms with Crippen LogP contribution >= 0.6 is 0 Å². The summed E-state index contributed by atoms with van der Waals surface area (Å²) < 4.78 is 23.0. The molecule has 0 amide bonds. The van der Waals surface area contributed by atoms with Gasteiger partial charge in [0.1, 0.15) is 11.5 Å². The zero-order chi connectivity index (χ0) is 27.4. The lowest BCUT2D eigenvalue weighted by molar-refractivity contribution is -0.120. The van der Waals surface area contributed by atoms with Gasteiger partial charge in [-0.3, -0.25) is 0 Å². The van der Waals surface area contributed by atoms with Crippen molar-refractivity contribution in [1.29, 1.82) is 0 Å². The van der Waals surface area contributed by atoms with Gasteiger partial charge in [-0.1, -0.05) is 98.8 Å². The molecule has 4 aromatic rings. The minimum absolute atomic E-state index is 0.105. The number of rotatable bonds is 10. The molecule has 0 aromatic heterocycles. The standard InChI is InChI=1S/C36H36O4/c1-35(21-37-22-35)25-39-31-17-13-29(14-18-31)33(27-9-5-3-6-10-27)34(28-11-7-4-8-12-28)30-15-19-32(20-16-30)40-26-36(2)23-38-24-36/h3-20H,21-26H2,1-2H3/b34-33-. The third kappa shape index (κ3) is 5.84. The number of ether oxygens (including phenoxy) is 4. The van der Waals surface area contributed by atoms with E-state index in [2.05, 4.69) is 123 Å². The highest BCUT2D eigenvalue weighted by Crippen LogP contribution is 2.38. The molecule has 2 aliphatic heterocycles. The minimum Gasteiger partial charge on any atom is -0.493 e. The van der Waals surface area contributed by atoms with Gasteiger partial charge in [-0.05, 0) is 57.7 Å². The van der Waals surface area contributed by atoms with Gasteiger partial charge in [0.05, 0.1) is 39.6 Å². The smallest absolute Gasteiger partial charge is 0.119 e. The number of hydrogen-bond acceptors (Lipinski definition) is 4. The van der Waals surface area contributed by atoms with Crippen LogP contribution in [0.4, 0.5) is 0 Å². The molecule has 2 heterocycles. The second-order valence-corrected chi connectivity index (χ2v) is 11.7. The van der Waals surface area contributed by atoms with Crippen molar-refractivity contribution in [2.24, 2.45) is 10.8 Å². The molecule has 0 spiro atoms. The third-order valence-electron chi connectivity index (χ3n) is 7.64. The lowest BCUT2D eigenvalue weighted by Gasteiger charge is -2.37. The molecule has 2 saturated heterocycles. The van der Waals surface area contributed by atoms with Crippen molar-refractivity contribution in [1.82, 2.24) is 0 Å². The first-order valence-electron chi connectivity index (χ1n) is 14.0. The Labute approximate surface area is 237 Å². The highest BCUT2D eigenvalue weighted by Gasteiger charge is 2.35. The molecule has 0 atom stereocenters. The predicted octanol–water partition coefficient (Wildman–Crippen LogP) is 7.52. The summed E-state index contributed by atoms with van der Waals surface area (Å²) in [5.74, 6) is 1.75. The molecule has 4 heteroatoms. The van der Waals surface area contributed by atoms with E-state index in [4.69, 9.17) is 18.9 Å². The molecule has 204 valence electrons. The Morgan fingerprint density at radius 1 is 0.500 bits per heavy atom. The third-order valence-corrected chi connectivity index (χ3v) is 7.64. The van der Waals surface area contributed by atoms with Crippen molar-refractivity contribution >= 4 is 11.1 Å². The van der Waals surface area contributed by atoms with E-state index in [9.17, 15) is 0 Å². The Kier molecular flexibility index (Phi) is 7.46. The van der Waals surface area contributed by atoms with Crippen LogP contribution in [0.5, 0.6) is 11.5 Å². The first-order valence-corrected chi connectivity index (χ1v) is 14.0. The monoisotopic (exact) mass is 532 g/mol. The van der Waals surface area contributed by atoms with Gasteiger partial charge in [0.15, 0.2) is 0 Å². The topological polar surface area (TPSA) is 36.9 Å². The molecule has 2 aliphatic rings. The molecule has 40 heavy (non-hydrogen) atoms. The largest absolute Gasteiger partial charge is 0.493 e. The number of hydrogen-bond donors (Lipinski definition) is 0. The molecule has 4 nitrogen and oxygen atoms in total. The molecular formula is C36H36O4. The van der Waals surface area contributed by atoms with Crippen LogP contribution in [-0.4, -0.2) is 39.6 Å². The summed E-state index contributed by atoms with van der Waals surface area (Å²) in [7, 11) is 0. The van der Waals surface area contributed by atoms with Crippen LogP contribution in [0.2, 0.25) is 0 Å². The maximum atomic E-state index is 6.14. The van der Waals surface area contributed by atoms with Gasteiger partial charge in [0, 0.05) is 10.8 Å². The van der Waals surface area contributed by atoms with Crippen LogP contribution < -0.4 is 9.47 Å². The van der Waals surface area contributed by atoms with Crippen LogP contribution in [0.15, 0.2) is 109 Å². The van der Waals surface area contributed by atoms with E-state index in [1.54, 1.807) is 0 Å². The average molecular weight is 533 g/mol. The van der Waals surface area contributed by atoms with Crippen LogP contribution in [-0.2, 0) is 9.47 Å². The molecule has 0 aliphatic carbocycles. The molecule has 0 bridgehead atoms. The van der Waals surface area contributed by atoms with E-state index in [0.29, 0.717) is 13.2 Å². The first kappa shape index (κ1) is 26.4. The second-order valence-electron chi connectivity index (χ2n) is 11.7. The van der Waals surface area contributed by atoms with Crippen molar-refractivity contribution in [2.45, 2.75) is 13.8 Å². The molecular weight excluding hydrogens is 496 g/mol. The van der Waals surface area contributed by atoms with Gasteiger partial charge in [-0.25, -0.2) is 0 Å². The highest BCUT2D eigenvalue weighted by atomic mass is 16.5. The minimum atomic E-state index is 0.105. The zero-order valence-electron chi connectivity index (χ0n) is 23.3. The summed E-state index contributed by atoms with van der Waals surface area (Å²) in [6, 6.07) is 38.2. The quantitative estimate of drug-likeness (QED) is 0.198. The van der Waals surface area contributed by atoms with Crippen molar-refractivity contribution < 1.29 is 18.9 Å². The fourth-order valence-electron chi connectivity index (χ4n) is 5.14. The number of benzene rings is 4. The van der Waals surface area contributed by atoms with Gasteiger partial charge in [-0.15, -0.1) is 0 Å². The van der Waals surface area contributed by atoms with E-state index < -0.39 is 0 Å². The Bertz CT molecular complexity index is 1320. The van der Waals surface area contributed by atoms with E-state index in [0.717, 1.165) is 60.2 Å². The summed E-state index contributed by atoms with van der Waals surface area (Å²) in [5, 5.41) is 0. The van der Waals surface area contributed by atoms with E-state index in [1.807, 2.05) is 0 Å². The Morgan fingerprint density at radius 3 is 1.12 bits per heavy atom. The Hall–Kier alpha value is -3.86. The normalized spacial score (nSPS) is 17.6. The van der Waals surface area contributed by atoms with E-state index >= 15 is 0 Å². The van der Waals surface area contributed by atoms with Gasteiger partial charge >= 0.3 is 0 Å². The van der Waals surface area contributed by atoms with Crippen LogP contribution in [0.1, 0.15) is 36.1 Å². The summed E-state index contributed by atoms with van der Waals surface area (Å²) in [6.45, 7) is 8.73. The SMILES string of the molecule is CC1(COc2ccc(/C(=C(/c3ccccc3)c3ccc(OCC4(C)COC4)cc3)c3ccccc3)cc2)COC1. The van der Waals surface area contributed by atoms with Gasteiger partial charge in [0.2, 0.25) is 0 Å². The molecule has 0 radical (unpaired) electrons. The summed E-state index contributed by atoms with van der Waals surface area (Å²) in [6.07, 6.45) is 0. The second kappa shape index (κ2) is 11.3. The van der Waals surface area contributed by atoms with E-state index in [1.165, 1.54) is 11.1 Å². The Balaban J connectivity index is 1.38. The summed E-state index contributed by atoms with van der Waals surface area (Å²) in [5.41, 5.74) is 7.14. The van der Waals surface area contributed by atoms with Crippen LogP contribution in [0.3, 0.4) is 0 Å². The molecule has 4 aromatic carbocycles. The van der Waals surface area contributed by atoms with Crippen molar-refractivity contribution in [3.8, 4) is 11.5 Å². The molecule has 0 unspecified atom stereocenters. The summed E-state index contributed by atoms with van der Waals surface area (Å²) in [4.78, 5) is 0. The fourth-order valence-corrected chi connectivity index (χ4v) is 5.14. The van der Waals surface area contributed by atoms with Gasteiger partial charge in [-0.2, -0.15) is 0 Å². The molecule has 6 rings (SSSR count). The predicted molar refractivity (Wildman–Crippen MR) is 160 cm³/mol. The maximum Gasteiger partial charge on any atom is 0.119 e. The van der Waals surface area contributed by atoms with Crippen LogP contribution in [0.25, 0.3) is 11.1 Å². The lowest BCUT2D eigenvalue weighted by atomic mass is 9.85. The lowest BCUT2D eigenvalue weighted by Crippen LogP contribution is -2.44. The zero-order valence-corrected chi connectivity index (χ0v) is 23.3. The van der Waals surface area contributed by atoms with Gasteiger partial charge < -0.3 is 18.9 Å². The summed E-state index contributed by atoms with van der Waals surface area (Å²) >= 11 is 0. The van der Waals surface area contributed by atoms with Crippen molar-refractivity contribution in [3.05, 3.63) is 131 Å². The average Bonchev–Trinajstić information content (AvgIpc) is 2.97. The van der Waals surface area contributed by atoms with Crippen molar-refractivity contribution in [2.75, 3.05) is 39.6 Å². The maximum absolute atomic E-state index is 6.14.